The first-order valence-corrected chi connectivity index (χ1v) is 11.6. The Kier molecular flexibility index (Phi) is 5.65. The molecule has 1 saturated heterocycles. The van der Waals surface area contributed by atoms with Gasteiger partial charge in [-0.15, -0.1) is 11.3 Å². The van der Waals surface area contributed by atoms with Crippen LogP contribution in [0.1, 0.15) is 24.1 Å². The van der Waals surface area contributed by atoms with Gasteiger partial charge < -0.3 is 0 Å². The highest BCUT2D eigenvalue weighted by atomic mass is 32.1. The topological polar surface area (TPSA) is 84.3 Å². The SMILES string of the molecule is CC(c1ccccc1)N1C(=O)NC(=O)/C(=C/c2cn(-c3ccccc3)nc2-c2cccs2)C1=O. The van der Waals surface area contributed by atoms with E-state index in [4.69, 9.17) is 5.10 Å². The van der Waals surface area contributed by atoms with Crippen LogP contribution in [-0.4, -0.2) is 32.5 Å². The second-order valence-electron chi connectivity index (χ2n) is 7.77. The summed E-state index contributed by atoms with van der Waals surface area (Å²) in [5.41, 5.74) is 2.76. The molecule has 4 amide bonds. The van der Waals surface area contributed by atoms with Crippen molar-refractivity contribution in [3.8, 4) is 16.3 Å². The lowest BCUT2D eigenvalue weighted by Crippen LogP contribution is -2.54. The molecule has 1 atom stereocenters. The molecule has 3 heterocycles. The molecular formula is C26H20N4O3S. The van der Waals surface area contributed by atoms with Crippen molar-refractivity contribution >= 4 is 35.3 Å². The van der Waals surface area contributed by atoms with Crippen molar-refractivity contribution in [3.63, 3.8) is 0 Å². The number of carbonyl (C=O) groups is 3. The van der Waals surface area contributed by atoms with Gasteiger partial charge >= 0.3 is 6.03 Å². The van der Waals surface area contributed by atoms with Crippen LogP contribution in [0.2, 0.25) is 0 Å². The van der Waals surface area contributed by atoms with Crippen LogP contribution in [0, 0.1) is 0 Å². The zero-order valence-electron chi connectivity index (χ0n) is 18.2. The lowest BCUT2D eigenvalue weighted by atomic mass is 10.0. The maximum absolute atomic E-state index is 13.4. The third kappa shape index (κ3) is 3.95. The number of barbiturate groups is 1. The summed E-state index contributed by atoms with van der Waals surface area (Å²) in [6, 6.07) is 21.4. The average Bonchev–Trinajstić information content (AvgIpc) is 3.53. The van der Waals surface area contributed by atoms with Gasteiger partial charge in [0.1, 0.15) is 11.3 Å². The number of para-hydroxylation sites is 1. The molecule has 0 radical (unpaired) electrons. The number of hydrogen-bond donors (Lipinski definition) is 1. The highest BCUT2D eigenvalue weighted by Crippen LogP contribution is 2.31. The lowest BCUT2D eigenvalue weighted by Gasteiger charge is -2.31. The molecule has 0 spiro atoms. The Morgan fingerprint density at radius 3 is 2.32 bits per heavy atom. The Hall–Kier alpha value is -4.30. The normalized spacial score (nSPS) is 16.1. The quantitative estimate of drug-likeness (QED) is 0.336. The zero-order valence-corrected chi connectivity index (χ0v) is 19.0. The van der Waals surface area contributed by atoms with Gasteiger partial charge in [0.05, 0.1) is 16.6 Å². The van der Waals surface area contributed by atoms with E-state index in [0.29, 0.717) is 11.3 Å². The number of urea groups is 1. The number of amides is 4. The molecule has 0 saturated carbocycles. The largest absolute Gasteiger partial charge is 0.331 e. The molecule has 5 rings (SSSR count). The maximum Gasteiger partial charge on any atom is 0.331 e. The summed E-state index contributed by atoms with van der Waals surface area (Å²) in [6.07, 6.45) is 3.29. The number of hydrogen-bond acceptors (Lipinski definition) is 5. The van der Waals surface area contributed by atoms with E-state index in [9.17, 15) is 14.4 Å². The molecular weight excluding hydrogens is 448 g/mol. The summed E-state index contributed by atoms with van der Waals surface area (Å²) in [7, 11) is 0. The molecule has 0 bridgehead atoms. The number of imide groups is 2. The fourth-order valence-electron chi connectivity index (χ4n) is 3.87. The fraction of sp³-hybridized carbons (Fsp3) is 0.0769. The predicted molar refractivity (Wildman–Crippen MR) is 130 cm³/mol. The van der Waals surface area contributed by atoms with E-state index >= 15 is 0 Å². The summed E-state index contributed by atoms with van der Waals surface area (Å²) in [4.78, 5) is 40.7. The Morgan fingerprint density at radius 2 is 1.65 bits per heavy atom. The number of nitrogens with zero attached hydrogens (tertiary/aromatic N) is 3. The van der Waals surface area contributed by atoms with Crippen molar-refractivity contribution in [1.29, 1.82) is 0 Å². The standard InChI is InChI=1S/C26H20N4O3S/c1-17(18-9-4-2-5-10-18)30-25(32)21(24(31)27-26(30)33)15-19-16-29(20-11-6-3-7-12-20)28-23(19)22-13-8-14-34-22/h2-17H,1H3,(H,27,31,33)/b21-15-. The molecule has 2 aromatic heterocycles. The fourth-order valence-corrected chi connectivity index (χ4v) is 4.60. The number of rotatable bonds is 5. The second kappa shape index (κ2) is 8.92. The van der Waals surface area contributed by atoms with Gasteiger partial charge in [-0.25, -0.2) is 9.48 Å². The minimum absolute atomic E-state index is 0.118. The van der Waals surface area contributed by atoms with E-state index in [1.807, 2.05) is 78.2 Å². The molecule has 0 aliphatic carbocycles. The average molecular weight is 469 g/mol. The van der Waals surface area contributed by atoms with Crippen LogP contribution in [0.15, 0.2) is 89.9 Å². The van der Waals surface area contributed by atoms with Crippen molar-refractivity contribution in [2.75, 3.05) is 0 Å². The molecule has 34 heavy (non-hydrogen) atoms. The molecule has 4 aromatic rings. The number of aromatic nitrogens is 2. The van der Waals surface area contributed by atoms with Gasteiger partial charge in [-0.3, -0.25) is 19.8 Å². The minimum atomic E-state index is -0.734. The van der Waals surface area contributed by atoms with E-state index in [2.05, 4.69) is 5.32 Å². The Balaban J connectivity index is 1.58. The highest BCUT2D eigenvalue weighted by Gasteiger charge is 2.39. The number of benzene rings is 2. The monoisotopic (exact) mass is 468 g/mol. The summed E-state index contributed by atoms with van der Waals surface area (Å²) in [6.45, 7) is 1.75. The summed E-state index contributed by atoms with van der Waals surface area (Å²) >= 11 is 1.51. The second-order valence-corrected chi connectivity index (χ2v) is 8.72. The third-order valence-corrected chi connectivity index (χ3v) is 6.50. The van der Waals surface area contributed by atoms with Crippen LogP contribution in [0.3, 0.4) is 0 Å². The van der Waals surface area contributed by atoms with E-state index < -0.39 is 23.9 Å². The van der Waals surface area contributed by atoms with Crippen molar-refractivity contribution in [3.05, 3.63) is 101 Å². The summed E-state index contributed by atoms with van der Waals surface area (Å²) < 4.78 is 1.71. The molecule has 168 valence electrons. The number of nitrogens with one attached hydrogen (secondary N) is 1. The molecule has 1 unspecified atom stereocenters. The molecule has 1 aliphatic heterocycles. The van der Waals surface area contributed by atoms with Gasteiger partial charge in [0.2, 0.25) is 0 Å². The van der Waals surface area contributed by atoms with Crippen LogP contribution < -0.4 is 5.32 Å². The third-order valence-electron chi connectivity index (χ3n) is 5.62. The zero-order chi connectivity index (χ0) is 23.7. The Bertz CT molecular complexity index is 1390. The number of carbonyl (C=O) groups excluding carboxylic acids is 3. The van der Waals surface area contributed by atoms with E-state index in [1.54, 1.807) is 17.8 Å². The summed E-state index contributed by atoms with van der Waals surface area (Å²) in [5.74, 6) is -1.37. The van der Waals surface area contributed by atoms with E-state index in [0.717, 1.165) is 21.0 Å². The molecule has 7 nitrogen and oxygen atoms in total. The predicted octanol–water partition coefficient (Wildman–Crippen LogP) is 4.82. The lowest BCUT2D eigenvalue weighted by molar-refractivity contribution is -0.131. The van der Waals surface area contributed by atoms with Crippen molar-refractivity contribution in [1.82, 2.24) is 20.0 Å². The first kappa shape index (κ1) is 21.5. The molecule has 1 N–H and O–H groups in total. The van der Waals surface area contributed by atoms with Crippen LogP contribution in [-0.2, 0) is 9.59 Å². The van der Waals surface area contributed by atoms with Crippen molar-refractivity contribution in [2.24, 2.45) is 0 Å². The minimum Gasteiger partial charge on any atom is -0.273 e. The van der Waals surface area contributed by atoms with Crippen LogP contribution in [0.25, 0.3) is 22.3 Å². The molecule has 1 aliphatic rings. The van der Waals surface area contributed by atoms with Crippen LogP contribution in [0.4, 0.5) is 4.79 Å². The first-order valence-electron chi connectivity index (χ1n) is 10.7. The Morgan fingerprint density at radius 1 is 0.941 bits per heavy atom. The van der Waals surface area contributed by atoms with Gasteiger partial charge in [0, 0.05) is 11.8 Å². The van der Waals surface area contributed by atoms with Crippen LogP contribution in [0.5, 0.6) is 0 Å². The Labute approximate surface area is 200 Å². The van der Waals surface area contributed by atoms with E-state index in [-0.39, 0.29) is 5.57 Å². The van der Waals surface area contributed by atoms with Gasteiger partial charge in [0.25, 0.3) is 11.8 Å². The first-order chi connectivity index (χ1) is 16.5. The highest BCUT2D eigenvalue weighted by molar-refractivity contribution is 7.13. The summed E-state index contributed by atoms with van der Waals surface area (Å²) in [5, 5.41) is 8.96. The van der Waals surface area contributed by atoms with Gasteiger partial charge in [-0.05, 0) is 42.1 Å². The maximum atomic E-state index is 13.4. The van der Waals surface area contributed by atoms with Crippen molar-refractivity contribution in [2.45, 2.75) is 13.0 Å². The van der Waals surface area contributed by atoms with Crippen LogP contribution >= 0.6 is 11.3 Å². The molecule has 1 fully saturated rings. The van der Waals surface area contributed by atoms with Gasteiger partial charge in [-0.1, -0.05) is 54.6 Å². The van der Waals surface area contributed by atoms with Crippen molar-refractivity contribution < 1.29 is 14.4 Å². The van der Waals surface area contributed by atoms with Gasteiger partial charge in [0.15, 0.2) is 0 Å². The van der Waals surface area contributed by atoms with E-state index in [1.165, 1.54) is 17.4 Å². The number of thiophene rings is 1. The molecule has 2 aromatic carbocycles. The van der Waals surface area contributed by atoms with Gasteiger partial charge in [-0.2, -0.15) is 5.10 Å². The molecule has 8 heteroatoms. The smallest absolute Gasteiger partial charge is 0.273 e.